The first-order chi connectivity index (χ1) is 8.84. The van der Waals surface area contributed by atoms with E-state index in [2.05, 4.69) is 25.4 Å². The summed E-state index contributed by atoms with van der Waals surface area (Å²) < 4.78 is 42.2. The van der Waals surface area contributed by atoms with E-state index in [-0.39, 0.29) is 12.4 Å². The van der Waals surface area contributed by atoms with Gasteiger partial charge in [0, 0.05) is 13.0 Å². The largest absolute Gasteiger partial charge is 0.433 e. The fourth-order valence-electron chi connectivity index (χ4n) is 1.28. The van der Waals surface area contributed by atoms with Crippen LogP contribution in [-0.4, -0.2) is 20.1 Å². The number of hydrogen-bond acceptors (Lipinski definition) is 7. The monoisotopic (exact) mass is 274 g/mol. The minimum atomic E-state index is -4.59. The predicted molar refractivity (Wildman–Crippen MR) is 57.8 cm³/mol. The van der Waals surface area contributed by atoms with E-state index in [9.17, 15) is 13.2 Å². The van der Waals surface area contributed by atoms with Crippen LogP contribution >= 0.6 is 0 Å². The summed E-state index contributed by atoms with van der Waals surface area (Å²) in [6.07, 6.45) is -4.59. The van der Waals surface area contributed by atoms with Gasteiger partial charge in [-0.1, -0.05) is 5.16 Å². The second-order valence-corrected chi connectivity index (χ2v) is 3.58. The van der Waals surface area contributed by atoms with Crippen molar-refractivity contribution in [2.45, 2.75) is 19.6 Å². The zero-order chi connectivity index (χ0) is 14.0. The van der Waals surface area contributed by atoms with Crippen LogP contribution < -0.4 is 11.1 Å². The molecule has 2 rings (SSSR count). The molecule has 0 spiro atoms. The Bertz CT molecular complexity index is 582. The smallest absolute Gasteiger partial charge is 0.368 e. The molecule has 0 fully saturated rings. The van der Waals surface area contributed by atoms with Gasteiger partial charge in [0.2, 0.25) is 11.8 Å². The van der Waals surface area contributed by atoms with Crippen LogP contribution in [0.4, 0.5) is 24.9 Å². The number of nitrogens with one attached hydrogen (secondary N) is 1. The molecule has 19 heavy (non-hydrogen) atoms. The molecule has 7 nitrogen and oxygen atoms in total. The van der Waals surface area contributed by atoms with E-state index in [1.807, 2.05) is 0 Å². The van der Waals surface area contributed by atoms with Crippen LogP contribution in [0.15, 0.2) is 10.6 Å². The molecule has 2 aromatic heterocycles. The highest BCUT2D eigenvalue weighted by atomic mass is 19.4. The molecule has 0 aliphatic heterocycles. The molecule has 0 bridgehead atoms. The molecule has 0 atom stereocenters. The molecule has 0 unspecified atom stereocenters. The molecule has 2 aromatic rings. The van der Waals surface area contributed by atoms with E-state index in [4.69, 9.17) is 10.3 Å². The van der Waals surface area contributed by atoms with Gasteiger partial charge in [-0.2, -0.15) is 23.1 Å². The molecule has 0 aromatic carbocycles. The van der Waals surface area contributed by atoms with Crippen molar-refractivity contribution in [3.05, 3.63) is 23.5 Å². The van der Waals surface area contributed by atoms with Crippen molar-refractivity contribution in [1.29, 1.82) is 0 Å². The molecule has 3 N–H and O–H groups in total. The van der Waals surface area contributed by atoms with Gasteiger partial charge in [0.1, 0.15) is 5.82 Å². The zero-order valence-corrected chi connectivity index (χ0v) is 9.69. The fraction of sp³-hybridized carbons (Fsp3) is 0.333. The Morgan fingerprint density at radius 1 is 1.32 bits per heavy atom. The van der Waals surface area contributed by atoms with Crippen molar-refractivity contribution in [2.24, 2.45) is 0 Å². The standard InChI is InChI=1S/C9H9F3N6O/c1-4-15-7(18-19-4)3-14-6-2-5(9(10,11)12)16-8(13)17-6/h2H,3H2,1H3,(H3,13,14,16,17). The molecule has 10 heteroatoms. The Morgan fingerprint density at radius 3 is 2.63 bits per heavy atom. The first kappa shape index (κ1) is 13.1. The minimum Gasteiger partial charge on any atom is -0.368 e. The highest BCUT2D eigenvalue weighted by Crippen LogP contribution is 2.29. The maximum Gasteiger partial charge on any atom is 0.433 e. The van der Waals surface area contributed by atoms with Crippen molar-refractivity contribution in [3.8, 4) is 0 Å². The number of aryl methyl sites for hydroxylation is 1. The Balaban J connectivity index is 2.14. The molecule has 0 amide bonds. The number of halogens is 3. The van der Waals surface area contributed by atoms with Crippen LogP contribution in [0.2, 0.25) is 0 Å². The van der Waals surface area contributed by atoms with Crippen LogP contribution in [0.25, 0.3) is 0 Å². The van der Waals surface area contributed by atoms with Crippen molar-refractivity contribution in [1.82, 2.24) is 20.1 Å². The third kappa shape index (κ3) is 3.30. The molecule has 0 saturated heterocycles. The highest BCUT2D eigenvalue weighted by Gasteiger charge is 2.33. The molecule has 0 radical (unpaired) electrons. The summed E-state index contributed by atoms with van der Waals surface area (Å²) in [6.45, 7) is 1.66. The lowest BCUT2D eigenvalue weighted by Gasteiger charge is -2.09. The summed E-state index contributed by atoms with van der Waals surface area (Å²) in [5.41, 5.74) is 4.10. The second-order valence-electron chi connectivity index (χ2n) is 3.58. The third-order valence-corrected chi connectivity index (χ3v) is 2.03. The number of aromatic nitrogens is 4. The van der Waals surface area contributed by atoms with Crippen LogP contribution in [-0.2, 0) is 12.7 Å². The van der Waals surface area contributed by atoms with E-state index < -0.39 is 17.8 Å². The van der Waals surface area contributed by atoms with Crippen LogP contribution in [0.1, 0.15) is 17.4 Å². The Labute approximate surface area is 105 Å². The quantitative estimate of drug-likeness (QED) is 0.871. The van der Waals surface area contributed by atoms with E-state index in [1.54, 1.807) is 6.92 Å². The average Bonchev–Trinajstić information content (AvgIpc) is 2.71. The van der Waals surface area contributed by atoms with Crippen molar-refractivity contribution >= 4 is 11.8 Å². The third-order valence-electron chi connectivity index (χ3n) is 2.03. The molecule has 2 heterocycles. The maximum absolute atomic E-state index is 12.5. The summed E-state index contributed by atoms with van der Waals surface area (Å²) in [7, 11) is 0. The van der Waals surface area contributed by atoms with Crippen LogP contribution in [0.3, 0.4) is 0 Å². The molecule has 0 aliphatic carbocycles. The summed E-state index contributed by atoms with van der Waals surface area (Å²) >= 11 is 0. The number of anilines is 2. The maximum atomic E-state index is 12.5. The Morgan fingerprint density at radius 2 is 2.05 bits per heavy atom. The lowest BCUT2D eigenvalue weighted by molar-refractivity contribution is -0.141. The average molecular weight is 274 g/mol. The minimum absolute atomic E-state index is 0.0606. The molecule has 102 valence electrons. The van der Waals surface area contributed by atoms with Crippen LogP contribution in [0.5, 0.6) is 0 Å². The summed E-state index contributed by atoms with van der Waals surface area (Å²) in [5.74, 6) is 0.113. The summed E-state index contributed by atoms with van der Waals surface area (Å²) in [6, 6.07) is 0.753. The lowest BCUT2D eigenvalue weighted by Crippen LogP contribution is -2.13. The SMILES string of the molecule is Cc1nc(CNc2cc(C(F)(F)F)nc(N)n2)no1. The Hall–Kier alpha value is -2.39. The van der Waals surface area contributed by atoms with E-state index in [1.165, 1.54) is 0 Å². The van der Waals surface area contributed by atoms with Crippen molar-refractivity contribution < 1.29 is 17.7 Å². The second kappa shape index (κ2) is 4.71. The number of nitrogens with two attached hydrogens (primary N) is 1. The van der Waals surface area contributed by atoms with Gasteiger partial charge >= 0.3 is 6.18 Å². The van der Waals surface area contributed by atoms with E-state index >= 15 is 0 Å². The van der Waals surface area contributed by atoms with Gasteiger partial charge in [0.25, 0.3) is 0 Å². The molecule has 0 saturated carbocycles. The van der Waals surface area contributed by atoms with Gasteiger partial charge in [0.15, 0.2) is 11.5 Å². The zero-order valence-electron chi connectivity index (χ0n) is 9.69. The number of rotatable bonds is 3. The highest BCUT2D eigenvalue weighted by molar-refractivity contribution is 5.41. The van der Waals surface area contributed by atoms with Crippen molar-refractivity contribution in [3.63, 3.8) is 0 Å². The Kier molecular flexibility index (Phi) is 3.23. The summed E-state index contributed by atoms with van der Waals surface area (Å²) in [5, 5.41) is 6.19. The first-order valence-corrected chi connectivity index (χ1v) is 5.09. The van der Waals surface area contributed by atoms with E-state index in [0.29, 0.717) is 11.7 Å². The van der Waals surface area contributed by atoms with Gasteiger partial charge in [-0.15, -0.1) is 0 Å². The van der Waals surface area contributed by atoms with Crippen LogP contribution in [0, 0.1) is 6.92 Å². The molecular formula is C9H9F3N6O. The number of nitrogen functional groups attached to an aromatic ring is 1. The first-order valence-electron chi connectivity index (χ1n) is 5.09. The van der Waals surface area contributed by atoms with Gasteiger partial charge in [-0.3, -0.25) is 0 Å². The van der Waals surface area contributed by atoms with E-state index in [0.717, 1.165) is 6.07 Å². The molecule has 0 aliphatic rings. The topological polar surface area (TPSA) is 103 Å². The van der Waals surface area contributed by atoms with Gasteiger partial charge in [0.05, 0.1) is 6.54 Å². The number of hydrogen-bond donors (Lipinski definition) is 2. The number of nitrogens with zero attached hydrogens (tertiary/aromatic N) is 4. The van der Waals surface area contributed by atoms with Crippen molar-refractivity contribution in [2.75, 3.05) is 11.1 Å². The normalized spacial score (nSPS) is 11.6. The lowest BCUT2D eigenvalue weighted by atomic mass is 10.3. The summed E-state index contributed by atoms with van der Waals surface area (Å²) in [4.78, 5) is 10.6. The predicted octanol–water partition coefficient (Wildman–Crippen LogP) is 1.38. The molecular weight excluding hydrogens is 265 g/mol. The van der Waals surface area contributed by atoms with Gasteiger partial charge in [-0.05, 0) is 0 Å². The van der Waals surface area contributed by atoms with Gasteiger partial charge in [-0.25, -0.2) is 4.98 Å². The number of alkyl halides is 3. The van der Waals surface area contributed by atoms with Gasteiger partial charge < -0.3 is 15.6 Å². The fourth-order valence-corrected chi connectivity index (χ4v) is 1.28.